The van der Waals surface area contributed by atoms with Crippen molar-refractivity contribution in [1.82, 2.24) is 4.98 Å². The molecule has 0 amide bonds. The van der Waals surface area contributed by atoms with E-state index in [2.05, 4.69) is 23.0 Å². The summed E-state index contributed by atoms with van der Waals surface area (Å²) in [6.07, 6.45) is 8.87. The number of pyridine rings is 1. The van der Waals surface area contributed by atoms with Crippen LogP contribution in [-0.4, -0.2) is 15.8 Å². The fraction of sp³-hybridized carbons (Fsp3) is 0.438. The molecule has 0 aliphatic carbocycles. The van der Waals surface area contributed by atoms with Gasteiger partial charge in [0.05, 0.1) is 5.04 Å². The van der Waals surface area contributed by atoms with Crippen molar-refractivity contribution < 1.29 is 4.79 Å². The van der Waals surface area contributed by atoms with Crippen molar-refractivity contribution in [1.29, 1.82) is 0 Å². The molecule has 0 aromatic carbocycles. The number of rotatable bonds is 3. The van der Waals surface area contributed by atoms with E-state index in [0.717, 1.165) is 35.8 Å². The maximum atomic E-state index is 11.5. The number of aliphatic imine (C=N–C) groups is 1. The van der Waals surface area contributed by atoms with E-state index in [-0.39, 0.29) is 5.78 Å². The lowest BCUT2D eigenvalue weighted by atomic mass is 10.1. The number of hydrogen-bond acceptors (Lipinski definition) is 4. The van der Waals surface area contributed by atoms with Gasteiger partial charge in [0.15, 0.2) is 5.78 Å². The third kappa shape index (κ3) is 4.30. The summed E-state index contributed by atoms with van der Waals surface area (Å²) in [5, 5.41) is 1.13. The minimum atomic E-state index is 0.192. The summed E-state index contributed by atoms with van der Waals surface area (Å²) in [6, 6.07) is 2.08. The molecular formula is C16H20N2OS. The molecule has 1 aliphatic heterocycles. The van der Waals surface area contributed by atoms with E-state index in [0.29, 0.717) is 6.42 Å². The Morgan fingerprint density at radius 1 is 1.30 bits per heavy atom. The molecular weight excluding hydrogens is 268 g/mol. The van der Waals surface area contributed by atoms with Crippen molar-refractivity contribution in [3.05, 3.63) is 41.4 Å². The average Bonchev–Trinajstić information content (AvgIpc) is 2.42. The van der Waals surface area contributed by atoms with Crippen LogP contribution >= 0.6 is 11.8 Å². The first-order valence-corrected chi connectivity index (χ1v) is 8.01. The highest BCUT2D eigenvalue weighted by Gasteiger charge is 2.09. The fourth-order valence-electron chi connectivity index (χ4n) is 2.18. The number of allylic oxidation sites excluding steroid dienone is 2. The molecule has 4 heteroatoms. The highest BCUT2D eigenvalue weighted by Crippen LogP contribution is 2.22. The van der Waals surface area contributed by atoms with Crippen LogP contribution in [0.25, 0.3) is 0 Å². The molecule has 0 radical (unpaired) electrons. The van der Waals surface area contributed by atoms with Gasteiger partial charge in [-0.1, -0.05) is 6.92 Å². The van der Waals surface area contributed by atoms with Gasteiger partial charge in [0.2, 0.25) is 0 Å². The minimum absolute atomic E-state index is 0.192. The molecule has 2 rings (SSSR count). The Bertz CT molecular complexity index is 549. The molecule has 0 fully saturated rings. The summed E-state index contributed by atoms with van der Waals surface area (Å²) in [7, 11) is 0. The lowest BCUT2D eigenvalue weighted by Crippen LogP contribution is -2.03. The normalized spacial score (nSPS) is 18.8. The molecule has 0 bridgehead atoms. The lowest BCUT2D eigenvalue weighted by Gasteiger charge is -2.11. The van der Waals surface area contributed by atoms with Crippen LogP contribution in [-0.2, 0) is 17.0 Å². The van der Waals surface area contributed by atoms with Crippen LogP contribution in [0.1, 0.15) is 44.2 Å². The van der Waals surface area contributed by atoms with Crippen molar-refractivity contribution in [2.24, 2.45) is 4.99 Å². The molecule has 0 spiro atoms. The third-order valence-electron chi connectivity index (χ3n) is 3.26. The predicted octanol–water partition coefficient (Wildman–Crippen LogP) is 3.93. The SMILES string of the molecule is CCc1cnccc1CSC1=N/C(C)=C\C(=O)CCC1. The maximum Gasteiger partial charge on any atom is 0.157 e. The summed E-state index contributed by atoms with van der Waals surface area (Å²) in [6.45, 7) is 4.05. The van der Waals surface area contributed by atoms with Crippen LogP contribution < -0.4 is 0 Å². The maximum absolute atomic E-state index is 11.5. The van der Waals surface area contributed by atoms with Gasteiger partial charge < -0.3 is 0 Å². The Morgan fingerprint density at radius 3 is 2.95 bits per heavy atom. The second-order valence-electron chi connectivity index (χ2n) is 4.90. The van der Waals surface area contributed by atoms with Crippen LogP contribution in [0.5, 0.6) is 0 Å². The molecule has 2 heterocycles. The number of aryl methyl sites for hydroxylation is 1. The van der Waals surface area contributed by atoms with E-state index in [9.17, 15) is 4.79 Å². The van der Waals surface area contributed by atoms with Gasteiger partial charge >= 0.3 is 0 Å². The van der Waals surface area contributed by atoms with Gasteiger partial charge in [-0.3, -0.25) is 14.8 Å². The van der Waals surface area contributed by atoms with Gasteiger partial charge in [0.25, 0.3) is 0 Å². The molecule has 1 aromatic heterocycles. The molecule has 106 valence electrons. The Balaban J connectivity index is 2.06. The Morgan fingerprint density at radius 2 is 2.15 bits per heavy atom. The first kappa shape index (κ1) is 15.0. The first-order valence-electron chi connectivity index (χ1n) is 7.02. The van der Waals surface area contributed by atoms with E-state index in [1.54, 1.807) is 17.8 Å². The Labute approximate surface area is 124 Å². The van der Waals surface area contributed by atoms with Gasteiger partial charge in [-0.05, 0) is 43.4 Å². The molecule has 1 aromatic rings. The molecule has 0 N–H and O–H groups in total. The van der Waals surface area contributed by atoms with Crippen molar-refractivity contribution in [2.45, 2.75) is 45.3 Å². The summed E-state index contributed by atoms with van der Waals surface area (Å²) < 4.78 is 0. The van der Waals surface area contributed by atoms with Gasteiger partial charge in [0, 0.05) is 36.3 Å². The molecule has 0 unspecified atom stereocenters. The Hall–Kier alpha value is -1.42. The number of carbonyl (C=O) groups excluding carboxylic acids is 1. The number of aromatic nitrogens is 1. The quantitative estimate of drug-likeness (QED) is 0.846. The molecule has 1 aliphatic rings. The van der Waals surface area contributed by atoms with Crippen LogP contribution in [0.2, 0.25) is 0 Å². The summed E-state index contributed by atoms with van der Waals surface area (Å²) in [5.74, 6) is 1.11. The number of hydrogen-bond donors (Lipinski definition) is 0. The third-order valence-corrected chi connectivity index (χ3v) is 4.35. The topological polar surface area (TPSA) is 42.3 Å². The zero-order chi connectivity index (χ0) is 14.4. The molecule has 20 heavy (non-hydrogen) atoms. The monoisotopic (exact) mass is 288 g/mol. The molecule has 3 nitrogen and oxygen atoms in total. The van der Waals surface area contributed by atoms with Gasteiger partial charge in [-0.15, -0.1) is 11.8 Å². The van der Waals surface area contributed by atoms with E-state index in [1.165, 1.54) is 11.1 Å². The van der Waals surface area contributed by atoms with Gasteiger partial charge in [-0.2, -0.15) is 0 Å². The first-order chi connectivity index (χ1) is 9.69. The number of ketones is 1. The highest BCUT2D eigenvalue weighted by molar-refractivity contribution is 8.13. The van der Waals surface area contributed by atoms with Crippen LogP contribution in [0.4, 0.5) is 0 Å². The van der Waals surface area contributed by atoms with E-state index in [1.807, 2.05) is 19.3 Å². The number of thioether (sulfide) groups is 1. The molecule has 0 saturated heterocycles. The van der Waals surface area contributed by atoms with Crippen molar-refractivity contribution >= 4 is 22.6 Å². The smallest absolute Gasteiger partial charge is 0.157 e. The summed E-state index contributed by atoms with van der Waals surface area (Å²) >= 11 is 1.78. The number of nitrogens with zero attached hydrogens (tertiary/aromatic N) is 2. The highest BCUT2D eigenvalue weighted by atomic mass is 32.2. The van der Waals surface area contributed by atoms with E-state index >= 15 is 0 Å². The van der Waals surface area contributed by atoms with E-state index in [4.69, 9.17) is 0 Å². The second kappa shape index (κ2) is 7.39. The Kier molecular flexibility index (Phi) is 5.53. The molecule has 0 atom stereocenters. The largest absolute Gasteiger partial charge is 0.295 e. The predicted molar refractivity (Wildman–Crippen MR) is 85.0 cm³/mol. The van der Waals surface area contributed by atoms with E-state index < -0.39 is 0 Å². The summed E-state index contributed by atoms with van der Waals surface area (Å²) in [5.41, 5.74) is 3.45. The van der Waals surface area contributed by atoms with Crippen LogP contribution in [0.3, 0.4) is 0 Å². The zero-order valence-corrected chi connectivity index (χ0v) is 12.9. The van der Waals surface area contributed by atoms with Crippen molar-refractivity contribution in [3.8, 4) is 0 Å². The molecule has 0 saturated carbocycles. The fourth-order valence-corrected chi connectivity index (χ4v) is 3.29. The van der Waals surface area contributed by atoms with Gasteiger partial charge in [-0.25, -0.2) is 0 Å². The van der Waals surface area contributed by atoms with Crippen molar-refractivity contribution in [3.63, 3.8) is 0 Å². The van der Waals surface area contributed by atoms with Gasteiger partial charge in [0.1, 0.15) is 0 Å². The zero-order valence-electron chi connectivity index (χ0n) is 12.1. The standard InChI is InChI=1S/C16H20N2OS/c1-3-13-10-17-8-7-14(13)11-20-16-6-4-5-15(19)9-12(2)18-16/h7-10H,3-6,11H2,1-2H3/b12-9-,18-16?. The number of carbonyl (C=O) groups is 1. The lowest BCUT2D eigenvalue weighted by molar-refractivity contribution is -0.114. The van der Waals surface area contributed by atoms with Crippen molar-refractivity contribution in [2.75, 3.05) is 0 Å². The van der Waals surface area contributed by atoms with Crippen LogP contribution in [0, 0.1) is 0 Å². The van der Waals surface area contributed by atoms with Crippen LogP contribution in [0.15, 0.2) is 35.2 Å². The average molecular weight is 288 g/mol. The minimum Gasteiger partial charge on any atom is -0.295 e. The summed E-state index contributed by atoms with van der Waals surface area (Å²) in [4.78, 5) is 20.2. The second-order valence-corrected chi connectivity index (χ2v) is 5.95.